The molecule has 0 saturated carbocycles. The third-order valence-corrected chi connectivity index (χ3v) is 9.29. The van der Waals surface area contributed by atoms with Crippen molar-refractivity contribution in [3.05, 3.63) is 181 Å². The summed E-state index contributed by atoms with van der Waals surface area (Å²) in [4.78, 5) is 5.13. The van der Waals surface area contributed by atoms with Crippen molar-refractivity contribution in [2.45, 2.75) is 6.17 Å². The highest BCUT2D eigenvalue weighted by molar-refractivity contribution is 6.12. The highest BCUT2D eigenvalue weighted by Crippen LogP contribution is 2.38. The van der Waals surface area contributed by atoms with Crippen LogP contribution in [0.1, 0.15) is 17.3 Å². The van der Waals surface area contributed by atoms with Gasteiger partial charge in [-0.05, 0) is 46.5 Å². The number of hydrogen-bond donors (Lipinski definition) is 2. The van der Waals surface area contributed by atoms with Crippen LogP contribution in [0.5, 0.6) is 0 Å². The smallest absolute Gasteiger partial charge is 0.160 e. The molecule has 7 aromatic carbocycles. The number of hydrogen-bond acceptors (Lipinski definition) is 3. The summed E-state index contributed by atoms with van der Waals surface area (Å²) in [5, 5.41) is 4.52. The zero-order valence-electron chi connectivity index (χ0n) is 26.6. The van der Waals surface area contributed by atoms with E-state index in [1.54, 1.807) is 0 Å². The van der Waals surface area contributed by atoms with Gasteiger partial charge in [0.15, 0.2) is 6.17 Å². The van der Waals surface area contributed by atoms with Crippen LogP contribution in [0.25, 0.3) is 66.0 Å². The second-order valence-electron chi connectivity index (χ2n) is 12.3. The second kappa shape index (κ2) is 11.9. The molecule has 2 heterocycles. The molecule has 2 aromatic heterocycles. The van der Waals surface area contributed by atoms with Gasteiger partial charge in [0, 0.05) is 32.7 Å². The average Bonchev–Trinajstić information content (AvgIpc) is 3.70. The zero-order valence-corrected chi connectivity index (χ0v) is 26.6. The van der Waals surface area contributed by atoms with Crippen molar-refractivity contribution in [2.75, 3.05) is 5.43 Å². The van der Waals surface area contributed by atoms with Crippen LogP contribution in [0, 0.1) is 0 Å². The lowest BCUT2D eigenvalue weighted by Gasteiger charge is -2.20. The number of fused-ring (bicyclic) bond motifs is 6. The molecule has 49 heavy (non-hydrogen) atoms. The van der Waals surface area contributed by atoms with Crippen LogP contribution in [-0.4, -0.2) is 10.5 Å². The first-order chi connectivity index (χ1) is 24.2. The normalized spacial score (nSPS) is 12.6. The first-order valence-electron chi connectivity index (χ1n) is 16.5. The molecule has 234 valence electrons. The fraction of sp³-hybridized carbons (Fsp3) is 0.0227. The SMILES string of the molecule is N/C(=N\C(Nn1c2ccccc2c2ccc(-c3cccc4c3oc3ccccc34)cc21)c1ccccc1)c1cccc(-c2ccccc2)c1. The summed E-state index contributed by atoms with van der Waals surface area (Å²) in [6, 6.07) is 58.5. The highest BCUT2D eigenvalue weighted by Gasteiger charge is 2.19. The molecule has 0 aliphatic carbocycles. The number of nitrogens with one attached hydrogen (secondary N) is 1. The van der Waals surface area contributed by atoms with Crippen molar-refractivity contribution in [1.29, 1.82) is 0 Å². The van der Waals surface area contributed by atoms with E-state index in [2.05, 4.69) is 119 Å². The molecule has 1 unspecified atom stereocenters. The summed E-state index contributed by atoms with van der Waals surface area (Å²) >= 11 is 0. The maximum atomic E-state index is 6.81. The summed E-state index contributed by atoms with van der Waals surface area (Å²) in [6.45, 7) is 0. The minimum Gasteiger partial charge on any atom is -0.455 e. The molecule has 0 aliphatic heterocycles. The summed E-state index contributed by atoms with van der Waals surface area (Å²) < 4.78 is 8.58. The molecule has 0 radical (unpaired) electrons. The van der Waals surface area contributed by atoms with Gasteiger partial charge in [-0.3, -0.25) is 10.1 Å². The van der Waals surface area contributed by atoms with Gasteiger partial charge in [-0.25, -0.2) is 4.99 Å². The minimum absolute atomic E-state index is 0.456. The van der Waals surface area contributed by atoms with Crippen LogP contribution in [0.2, 0.25) is 0 Å². The van der Waals surface area contributed by atoms with Crippen LogP contribution in [-0.2, 0) is 0 Å². The average molecular weight is 633 g/mol. The van der Waals surface area contributed by atoms with E-state index in [0.717, 1.165) is 77.1 Å². The van der Waals surface area contributed by atoms with E-state index in [9.17, 15) is 0 Å². The topological polar surface area (TPSA) is 68.5 Å². The Hall–Kier alpha value is -6.59. The predicted molar refractivity (Wildman–Crippen MR) is 203 cm³/mol. The van der Waals surface area contributed by atoms with Gasteiger partial charge >= 0.3 is 0 Å². The van der Waals surface area contributed by atoms with Crippen molar-refractivity contribution >= 4 is 49.6 Å². The van der Waals surface area contributed by atoms with Crippen LogP contribution >= 0.6 is 0 Å². The molecular weight excluding hydrogens is 601 g/mol. The lowest BCUT2D eigenvalue weighted by atomic mass is 10.0. The number of nitrogens with two attached hydrogens (primary N) is 1. The monoisotopic (exact) mass is 632 g/mol. The molecule has 0 bridgehead atoms. The molecule has 5 heteroatoms. The maximum Gasteiger partial charge on any atom is 0.160 e. The standard InChI is InChI=1S/C44H32N4O/c45-43(33-18-11-17-31(27-33)29-13-3-1-4-14-29)46-44(30-15-5-2-6-16-30)47-48-39-23-9-7-19-35(39)36-26-25-32(28-40(36)48)34-21-12-22-38-37-20-8-10-24-41(37)49-42(34)38/h1-28,44,47H,(H2,45,46). The Morgan fingerprint density at radius 2 is 1.22 bits per heavy atom. The van der Waals surface area contributed by atoms with Gasteiger partial charge in [0.05, 0.1) is 11.0 Å². The van der Waals surface area contributed by atoms with Crippen molar-refractivity contribution in [3.63, 3.8) is 0 Å². The number of nitrogens with zero attached hydrogens (tertiary/aromatic N) is 2. The zero-order chi connectivity index (χ0) is 32.7. The number of amidine groups is 1. The van der Waals surface area contributed by atoms with Gasteiger partial charge in [-0.15, -0.1) is 0 Å². The van der Waals surface area contributed by atoms with Gasteiger partial charge in [0.2, 0.25) is 0 Å². The minimum atomic E-state index is -0.469. The number of benzene rings is 7. The second-order valence-corrected chi connectivity index (χ2v) is 12.3. The molecule has 5 nitrogen and oxygen atoms in total. The van der Waals surface area contributed by atoms with Gasteiger partial charge in [0.1, 0.15) is 17.0 Å². The molecule has 0 amide bonds. The molecule has 0 fully saturated rings. The van der Waals surface area contributed by atoms with Gasteiger partial charge in [-0.1, -0.05) is 146 Å². The number of aromatic nitrogens is 1. The fourth-order valence-electron chi connectivity index (χ4n) is 6.89. The van der Waals surface area contributed by atoms with E-state index < -0.39 is 6.17 Å². The van der Waals surface area contributed by atoms with E-state index in [1.165, 1.54) is 0 Å². The predicted octanol–water partition coefficient (Wildman–Crippen LogP) is 10.7. The number of furan rings is 1. The van der Waals surface area contributed by atoms with E-state index in [1.807, 2.05) is 60.7 Å². The molecule has 0 aliphatic rings. The third-order valence-electron chi connectivity index (χ3n) is 9.29. The lowest BCUT2D eigenvalue weighted by Crippen LogP contribution is -2.23. The van der Waals surface area contributed by atoms with Gasteiger partial charge in [0.25, 0.3) is 0 Å². The van der Waals surface area contributed by atoms with Crippen molar-refractivity contribution in [1.82, 2.24) is 4.68 Å². The quantitative estimate of drug-likeness (QED) is 0.136. The van der Waals surface area contributed by atoms with E-state index >= 15 is 0 Å². The molecule has 1 atom stereocenters. The molecule has 3 N–H and O–H groups in total. The van der Waals surface area contributed by atoms with E-state index in [4.69, 9.17) is 15.1 Å². The Bertz CT molecular complexity index is 2650. The summed E-state index contributed by atoms with van der Waals surface area (Å²) in [7, 11) is 0. The van der Waals surface area contributed by atoms with Gasteiger partial charge in [-0.2, -0.15) is 0 Å². The maximum absolute atomic E-state index is 6.81. The van der Waals surface area contributed by atoms with E-state index in [0.29, 0.717) is 5.84 Å². The van der Waals surface area contributed by atoms with Crippen LogP contribution < -0.4 is 11.2 Å². The van der Waals surface area contributed by atoms with Gasteiger partial charge < -0.3 is 10.2 Å². The van der Waals surface area contributed by atoms with E-state index in [-0.39, 0.29) is 0 Å². The Balaban J connectivity index is 1.18. The number of aliphatic imine (C=N–C) groups is 1. The van der Waals surface area contributed by atoms with Crippen LogP contribution in [0.4, 0.5) is 0 Å². The van der Waals surface area contributed by atoms with Crippen LogP contribution in [0.3, 0.4) is 0 Å². The lowest BCUT2D eigenvalue weighted by molar-refractivity contribution is 0.670. The number of rotatable bonds is 7. The van der Waals surface area contributed by atoms with Crippen molar-refractivity contribution < 1.29 is 4.42 Å². The van der Waals surface area contributed by atoms with Crippen LogP contribution in [0.15, 0.2) is 179 Å². The Labute approximate surface area is 283 Å². The fourth-order valence-corrected chi connectivity index (χ4v) is 6.89. The Kier molecular flexibility index (Phi) is 6.95. The summed E-state index contributed by atoms with van der Waals surface area (Å²) in [5.41, 5.74) is 20.7. The third kappa shape index (κ3) is 5.09. The molecule has 9 aromatic rings. The van der Waals surface area contributed by atoms with Crippen molar-refractivity contribution in [3.8, 4) is 22.3 Å². The Morgan fingerprint density at radius 1 is 0.551 bits per heavy atom. The van der Waals surface area contributed by atoms with Crippen molar-refractivity contribution in [2.24, 2.45) is 10.7 Å². The molecular formula is C44H32N4O. The first-order valence-corrected chi connectivity index (χ1v) is 16.5. The summed E-state index contributed by atoms with van der Waals surface area (Å²) in [5.74, 6) is 0.456. The summed E-state index contributed by atoms with van der Waals surface area (Å²) in [6.07, 6.45) is -0.469. The largest absolute Gasteiger partial charge is 0.455 e. The molecule has 0 saturated heterocycles. The first kappa shape index (κ1) is 28.6. The Morgan fingerprint density at radius 3 is 2.08 bits per heavy atom. The number of para-hydroxylation sites is 3. The molecule has 9 rings (SSSR count). The highest BCUT2D eigenvalue weighted by atomic mass is 16.3. The molecule has 0 spiro atoms.